The van der Waals surface area contributed by atoms with Gasteiger partial charge in [-0.05, 0) is 18.6 Å². The van der Waals surface area contributed by atoms with Gasteiger partial charge in [0.05, 0.1) is 12.8 Å². The van der Waals surface area contributed by atoms with Crippen LogP contribution in [0.3, 0.4) is 0 Å². The van der Waals surface area contributed by atoms with Gasteiger partial charge in [-0.3, -0.25) is 4.79 Å². The Hall–Kier alpha value is -2.48. The molecule has 1 aliphatic heterocycles. The van der Waals surface area contributed by atoms with E-state index in [9.17, 15) is 13.6 Å². The molecule has 1 atom stereocenters. The molecule has 128 valence electrons. The highest BCUT2D eigenvalue weighted by molar-refractivity contribution is 5.91. The van der Waals surface area contributed by atoms with Crippen LogP contribution < -0.4 is 10.1 Å². The van der Waals surface area contributed by atoms with Crippen molar-refractivity contribution in [1.82, 2.24) is 9.78 Å². The Morgan fingerprint density at radius 1 is 1.42 bits per heavy atom. The number of rotatable bonds is 6. The van der Waals surface area contributed by atoms with Crippen LogP contribution in [0.25, 0.3) is 0 Å². The zero-order valence-corrected chi connectivity index (χ0v) is 12.9. The summed E-state index contributed by atoms with van der Waals surface area (Å²) in [4.78, 5) is 12.0. The van der Waals surface area contributed by atoms with Gasteiger partial charge >= 0.3 is 0 Å². The van der Waals surface area contributed by atoms with Crippen molar-refractivity contribution < 1.29 is 23.0 Å². The maximum Gasteiger partial charge on any atom is 0.263 e. The lowest BCUT2D eigenvalue weighted by Gasteiger charge is -2.12. The standard InChI is InChI=1S/C16H17F2N3O3/c17-12-1-2-14(13(18)7-12)24-10-16(22)20-15-3-5-19-21(15)8-11-4-6-23-9-11/h1-3,5,7,11H,4,6,8-10H2,(H,20,22). The van der Waals surface area contributed by atoms with Gasteiger partial charge in [-0.2, -0.15) is 5.10 Å². The molecule has 2 heterocycles. The van der Waals surface area contributed by atoms with Crippen LogP contribution in [0, 0.1) is 17.6 Å². The van der Waals surface area contributed by atoms with Gasteiger partial charge in [-0.1, -0.05) is 0 Å². The van der Waals surface area contributed by atoms with Crippen molar-refractivity contribution in [2.24, 2.45) is 5.92 Å². The third-order valence-corrected chi connectivity index (χ3v) is 3.69. The highest BCUT2D eigenvalue weighted by Crippen LogP contribution is 2.19. The Kier molecular flexibility index (Phi) is 5.05. The topological polar surface area (TPSA) is 65.4 Å². The molecule has 1 unspecified atom stereocenters. The molecule has 1 aromatic carbocycles. The SMILES string of the molecule is O=C(COc1ccc(F)cc1F)Nc1ccnn1CC1CCOC1. The van der Waals surface area contributed by atoms with E-state index in [4.69, 9.17) is 9.47 Å². The number of hydrogen-bond acceptors (Lipinski definition) is 4. The number of nitrogens with one attached hydrogen (secondary N) is 1. The van der Waals surface area contributed by atoms with Crippen molar-refractivity contribution in [3.63, 3.8) is 0 Å². The van der Waals surface area contributed by atoms with Gasteiger partial charge in [-0.15, -0.1) is 0 Å². The number of benzene rings is 1. The Labute approximate surface area is 137 Å². The minimum Gasteiger partial charge on any atom is -0.481 e. The summed E-state index contributed by atoms with van der Waals surface area (Å²) in [5.41, 5.74) is 0. The van der Waals surface area contributed by atoms with Gasteiger partial charge in [0.2, 0.25) is 0 Å². The van der Waals surface area contributed by atoms with Gasteiger partial charge in [0, 0.05) is 31.2 Å². The van der Waals surface area contributed by atoms with E-state index in [1.165, 1.54) is 0 Å². The summed E-state index contributed by atoms with van der Waals surface area (Å²) in [7, 11) is 0. The molecule has 3 rings (SSSR count). The highest BCUT2D eigenvalue weighted by Gasteiger charge is 2.18. The molecule has 6 nitrogen and oxygen atoms in total. The second kappa shape index (κ2) is 7.39. The molecule has 24 heavy (non-hydrogen) atoms. The third-order valence-electron chi connectivity index (χ3n) is 3.69. The first-order valence-corrected chi connectivity index (χ1v) is 7.59. The van der Waals surface area contributed by atoms with Gasteiger partial charge in [0.1, 0.15) is 11.6 Å². The molecule has 0 saturated carbocycles. The van der Waals surface area contributed by atoms with Crippen molar-refractivity contribution in [2.45, 2.75) is 13.0 Å². The molecule has 1 amide bonds. The number of nitrogens with zero attached hydrogens (tertiary/aromatic N) is 2. The first-order valence-electron chi connectivity index (χ1n) is 7.59. The largest absolute Gasteiger partial charge is 0.481 e. The van der Waals surface area contributed by atoms with Gasteiger partial charge < -0.3 is 14.8 Å². The summed E-state index contributed by atoms with van der Waals surface area (Å²) in [6.45, 7) is 1.68. The van der Waals surface area contributed by atoms with Crippen LogP contribution in [-0.4, -0.2) is 35.5 Å². The number of ether oxygens (including phenoxy) is 2. The maximum atomic E-state index is 13.4. The first-order chi connectivity index (χ1) is 11.6. The summed E-state index contributed by atoms with van der Waals surface area (Å²) < 4.78 is 38.3. The second-order valence-electron chi connectivity index (χ2n) is 5.54. The van der Waals surface area contributed by atoms with E-state index in [0.29, 0.717) is 31.0 Å². The molecular formula is C16H17F2N3O3. The van der Waals surface area contributed by atoms with Crippen LogP contribution in [-0.2, 0) is 16.1 Å². The number of anilines is 1. The molecule has 8 heteroatoms. The fourth-order valence-corrected chi connectivity index (χ4v) is 2.47. The Balaban J connectivity index is 1.54. The van der Waals surface area contributed by atoms with Crippen LogP contribution in [0.2, 0.25) is 0 Å². The molecule has 0 bridgehead atoms. The van der Waals surface area contributed by atoms with Gasteiger partial charge in [-0.25, -0.2) is 13.5 Å². The van der Waals surface area contributed by atoms with E-state index in [2.05, 4.69) is 10.4 Å². The third kappa shape index (κ3) is 4.08. The maximum absolute atomic E-state index is 13.4. The van der Waals surface area contributed by atoms with E-state index >= 15 is 0 Å². The minimum atomic E-state index is -0.853. The van der Waals surface area contributed by atoms with E-state index in [1.807, 2.05) is 0 Å². The number of carbonyl (C=O) groups excluding carboxylic acids is 1. The lowest BCUT2D eigenvalue weighted by atomic mass is 10.1. The van der Waals surface area contributed by atoms with Crippen molar-refractivity contribution in [3.05, 3.63) is 42.1 Å². The summed E-state index contributed by atoms with van der Waals surface area (Å²) in [5.74, 6) is -1.29. The van der Waals surface area contributed by atoms with Gasteiger partial charge in [0.15, 0.2) is 18.2 Å². The summed E-state index contributed by atoms with van der Waals surface area (Å²) >= 11 is 0. The quantitative estimate of drug-likeness (QED) is 0.878. The molecule has 1 N–H and O–H groups in total. The lowest BCUT2D eigenvalue weighted by molar-refractivity contribution is -0.118. The smallest absolute Gasteiger partial charge is 0.263 e. The number of amides is 1. The monoisotopic (exact) mass is 337 g/mol. The fraction of sp³-hybridized carbons (Fsp3) is 0.375. The van der Waals surface area contributed by atoms with Crippen LogP contribution in [0.1, 0.15) is 6.42 Å². The van der Waals surface area contributed by atoms with E-state index in [1.54, 1.807) is 16.9 Å². The molecule has 1 aromatic heterocycles. The normalized spacial score (nSPS) is 17.0. The number of hydrogen-bond donors (Lipinski definition) is 1. The van der Waals surface area contributed by atoms with Crippen LogP contribution >= 0.6 is 0 Å². The average molecular weight is 337 g/mol. The van der Waals surface area contributed by atoms with E-state index < -0.39 is 17.5 Å². The van der Waals surface area contributed by atoms with Crippen molar-refractivity contribution in [2.75, 3.05) is 25.1 Å². The van der Waals surface area contributed by atoms with Crippen LogP contribution in [0.15, 0.2) is 30.5 Å². The number of halogens is 2. The summed E-state index contributed by atoms with van der Waals surface area (Å²) in [5, 5.41) is 6.84. The van der Waals surface area contributed by atoms with Crippen LogP contribution in [0.4, 0.5) is 14.6 Å². The zero-order chi connectivity index (χ0) is 16.9. The van der Waals surface area contributed by atoms with E-state index in [0.717, 1.165) is 25.2 Å². The number of carbonyl (C=O) groups is 1. The zero-order valence-electron chi connectivity index (χ0n) is 12.9. The van der Waals surface area contributed by atoms with Crippen LogP contribution in [0.5, 0.6) is 5.75 Å². The molecule has 1 fully saturated rings. The predicted octanol–water partition coefficient (Wildman–Crippen LogP) is 2.22. The van der Waals surface area contributed by atoms with Crippen molar-refractivity contribution in [1.29, 1.82) is 0 Å². The predicted molar refractivity (Wildman–Crippen MR) is 81.6 cm³/mol. The first kappa shape index (κ1) is 16.4. The fourth-order valence-electron chi connectivity index (χ4n) is 2.47. The average Bonchev–Trinajstić information content (AvgIpc) is 3.20. The Morgan fingerprint density at radius 3 is 3.04 bits per heavy atom. The highest BCUT2D eigenvalue weighted by atomic mass is 19.1. The molecular weight excluding hydrogens is 320 g/mol. The molecule has 0 spiro atoms. The molecule has 1 aliphatic rings. The van der Waals surface area contributed by atoms with Gasteiger partial charge in [0.25, 0.3) is 5.91 Å². The summed E-state index contributed by atoms with van der Waals surface area (Å²) in [6.07, 6.45) is 2.55. The molecule has 0 aliphatic carbocycles. The van der Waals surface area contributed by atoms with Crippen molar-refractivity contribution in [3.8, 4) is 5.75 Å². The lowest BCUT2D eigenvalue weighted by Crippen LogP contribution is -2.23. The minimum absolute atomic E-state index is 0.178. The Bertz CT molecular complexity index is 714. The second-order valence-corrected chi connectivity index (χ2v) is 5.54. The van der Waals surface area contributed by atoms with Crippen molar-refractivity contribution >= 4 is 11.7 Å². The molecule has 0 radical (unpaired) electrons. The molecule has 1 saturated heterocycles. The number of aromatic nitrogens is 2. The van der Waals surface area contributed by atoms with E-state index in [-0.39, 0.29) is 12.4 Å². The Morgan fingerprint density at radius 2 is 2.29 bits per heavy atom. The summed E-state index contributed by atoms with van der Waals surface area (Å²) in [6, 6.07) is 4.58. The molecule has 2 aromatic rings.